The summed E-state index contributed by atoms with van der Waals surface area (Å²) in [5, 5.41) is 0.397. The molecule has 0 saturated heterocycles. The highest BCUT2D eigenvalue weighted by Crippen LogP contribution is 2.35. The Morgan fingerprint density at radius 3 is 2.61 bits per heavy atom. The number of halogens is 1. The molecule has 118 valence electrons. The van der Waals surface area contributed by atoms with Crippen LogP contribution in [-0.4, -0.2) is 24.8 Å². The zero-order chi connectivity index (χ0) is 16.6. The van der Waals surface area contributed by atoms with Crippen molar-refractivity contribution in [3.8, 4) is 5.75 Å². The lowest BCUT2D eigenvalue weighted by Crippen LogP contribution is -2.33. The lowest BCUT2D eigenvalue weighted by atomic mass is 10.1. The van der Waals surface area contributed by atoms with E-state index in [2.05, 4.69) is 0 Å². The zero-order valence-corrected chi connectivity index (χ0v) is 13.7. The first-order valence-electron chi connectivity index (χ1n) is 7.34. The molecule has 1 amide bonds. The molecule has 0 atom stereocenters. The van der Waals surface area contributed by atoms with Crippen LogP contribution in [0.3, 0.4) is 0 Å². The normalized spacial score (nSPS) is 13.4. The summed E-state index contributed by atoms with van der Waals surface area (Å²) in [6.07, 6.45) is 0. The van der Waals surface area contributed by atoms with E-state index in [1.807, 2.05) is 32.0 Å². The Morgan fingerprint density at radius 1 is 1.09 bits per heavy atom. The van der Waals surface area contributed by atoms with Crippen molar-refractivity contribution in [2.24, 2.45) is 0 Å². The lowest BCUT2D eigenvalue weighted by Gasteiger charge is -2.18. The number of hydrogen-bond donors (Lipinski definition) is 0. The molecule has 5 heteroatoms. The van der Waals surface area contributed by atoms with Gasteiger partial charge in [-0.1, -0.05) is 29.8 Å². The third-order valence-electron chi connectivity index (χ3n) is 4.07. The number of para-hydroxylation sites is 1. The Hall–Kier alpha value is -2.33. The van der Waals surface area contributed by atoms with E-state index >= 15 is 0 Å². The van der Waals surface area contributed by atoms with E-state index in [-0.39, 0.29) is 13.2 Å². The number of aryl methyl sites for hydroxylation is 1. The van der Waals surface area contributed by atoms with Crippen LogP contribution in [0.4, 0.5) is 5.69 Å². The number of fused-ring (bicyclic) bond motifs is 1. The van der Waals surface area contributed by atoms with Crippen LogP contribution in [-0.2, 0) is 4.79 Å². The molecule has 0 saturated carbocycles. The van der Waals surface area contributed by atoms with Crippen LogP contribution in [0.2, 0.25) is 5.02 Å². The number of amides is 1. The smallest absolute Gasteiger partial charge is 0.299 e. The predicted octanol–water partition coefficient (Wildman–Crippen LogP) is 3.57. The minimum Gasteiger partial charge on any atom is -0.491 e. The molecule has 2 aromatic carbocycles. The zero-order valence-electron chi connectivity index (χ0n) is 12.9. The van der Waals surface area contributed by atoms with E-state index in [9.17, 15) is 9.59 Å². The highest BCUT2D eigenvalue weighted by molar-refractivity contribution is 6.54. The highest BCUT2D eigenvalue weighted by atomic mass is 35.5. The summed E-state index contributed by atoms with van der Waals surface area (Å²) < 4.78 is 5.77. The Labute approximate surface area is 139 Å². The van der Waals surface area contributed by atoms with Gasteiger partial charge in [0, 0.05) is 0 Å². The molecule has 0 aromatic heterocycles. The van der Waals surface area contributed by atoms with Crippen LogP contribution in [0, 0.1) is 13.8 Å². The first-order chi connectivity index (χ1) is 11.0. The SMILES string of the molecule is Cc1cccc(OCCN2C(=O)C(=O)c3cccc(Cl)c32)c1C. The summed E-state index contributed by atoms with van der Waals surface area (Å²) in [7, 11) is 0. The number of ketones is 1. The molecular weight excluding hydrogens is 314 g/mol. The number of hydrogen-bond acceptors (Lipinski definition) is 3. The molecule has 3 rings (SSSR count). The number of anilines is 1. The van der Waals surface area contributed by atoms with E-state index in [4.69, 9.17) is 16.3 Å². The number of carbonyl (C=O) groups is 2. The van der Waals surface area contributed by atoms with Crippen molar-refractivity contribution in [1.29, 1.82) is 0 Å². The van der Waals surface area contributed by atoms with Crippen molar-refractivity contribution in [2.75, 3.05) is 18.1 Å². The van der Waals surface area contributed by atoms with Gasteiger partial charge in [-0.05, 0) is 43.2 Å². The van der Waals surface area contributed by atoms with Gasteiger partial charge in [-0.15, -0.1) is 0 Å². The fourth-order valence-electron chi connectivity index (χ4n) is 2.65. The van der Waals surface area contributed by atoms with Crippen LogP contribution >= 0.6 is 11.6 Å². The summed E-state index contributed by atoms with van der Waals surface area (Å²) >= 11 is 6.15. The van der Waals surface area contributed by atoms with Crippen LogP contribution in [0.1, 0.15) is 21.5 Å². The van der Waals surface area contributed by atoms with Gasteiger partial charge in [-0.25, -0.2) is 0 Å². The molecule has 0 spiro atoms. The molecule has 0 N–H and O–H groups in total. The summed E-state index contributed by atoms with van der Waals surface area (Å²) in [6.45, 7) is 4.56. The molecule has 1 heterocycles. The van der Waals surface area contributed by atoms with E-state index in [0.717, 1.165) is 16.9 Å². The van der Waals surface area contributed by atoms with E-state index in [1.165, 1.54) is 4.90 Å². The molecule has 0 bridgehead atoms. The predicted molar refractivity (Wildman–Crippen MR) is 89.5 cm³/mol. The van der Waals surface area contributed by atoms with Crippen molar-refractivity contribution in [3.05, 3.63) is 58.1 Å². The van der Waals surface area contributed by atoms with Gasteiger partial charge in [0.05, 0.1) is 22.8 Å². The maximum Gasteiger partial charge on any atom is 0.299 e. The highest BCUT2D eigenvalue weighted by Gasteiger charge is 2.37. The second kappa shape index (κ2) is 6.05. The average molecular weight is 330 g/mol. The first-order valence-corrected chi connectivity index (χ1v) is 7.72. The van der Waals surface area contributed by atoms with Gasteiger partial charge >= 0.3 is 0 Å². The summed E-state index contributed by atoms with van der Waals surface area (Å²) in [5.41, 5.74) is 3.04. The standard InChI is InChI=1S/C18H16ClNO3/c1-11-5-3-8-15(12(11)2)23-10-9-20-16-13(17(21)18(20)22)6-4-7-14(16)19/h3-8H,9-10H2,1-2H3. The fraction of sp³-hybridized carbons (Fsp3) is 0.222. The molecule has 0 unspecified atom stereocenters. The van der Waals surface area contributed by atoms with Crippen molar-refractivity contribution < 1.29 is 14.3 Å². The van der Waals surface area contributed by atoms with Gasteiger partial charge in [0.2, 0.25) is 0 Å². The van der Waals surface area contributed by atoms with Gasteiger partial charge in [0.25, 0.3) is 11.7 Å². The molecule has 1 aliphatic heterocycles. The summed E-state index contributed by atoms with van der Waals surface area (Å²) in [4.78, 5) is 25.5. The largest absolute Gasteiger partial charge is 0.491 e. The number of nitrogens with zero attached hydrogens (tertiary/aromatic N) is 1. The molecule has 0 fully saturated rings. The third-order valence-corrected chi connectivity index (χ3v) is 4.37. The number of Topliss-reactive ketones (excluding diaryl/α,β-unsaturated/α-hetero) is 1. The van der Waals surface area contributed by atoms with E-state index in [1.54, 1.807) is 18.2 Å². The van der Waals surface area contributed by atoms with Crippen LogP contribution in [0.25, 0.3) is 0 Å². The quantitative estimate of drug-likeness (QED) is 0.806. The Kier molecular flexibility index (Phi) is 4.09. The van der Waals surface area contributed by atoms with Gasteiger partial charge in [-0.3, -0.25) is 14.5 Å². The molecule has 0 radical (unpaired) electrons. The van der Waals surface area contributed by atoms with Crippen LogP contribution < -0.4 is 9.64 Å². The van der Waals surface area contributed by atoms with Crippen molar-refractivity contribution >= 4 is 29.0 Å². The monoisotopic (exact) mass is 329 g/mol. The molecule has 0 aliphatic carbocycles. The molecule has 1 aliphatic rings. The number of rotatable bonds is 4. The summed E-state index contributed by atoms with van der Waals surface area (Å²) in [6, 6.07) is 10.8. The Balaban J connectivity index is 1.76. The molecular formula is C18H16ClNO3. The van der Waals surface area contributed by atoms with Gasteiger partial charge in [-0.2, -0.15) is 0 Å². The Bertz CT molecular complexity index is 801. The van der Waals surface area contributed by atoms with Crippen molar-refractivity contribution in [3.63, 3.8) is 0 Å². The minimum atomic E-state index is -0.558. The van der Waals surface area contributed by atoms with Gasteiger partial charge in [0.1, 0.15) is 12.4 Å². The van der Waals surface area contributed by atoms with Gasteiger partial charge < -0.3 is 4.74 Å². The van der Waals surface area contributed by atoms with Crippen molar-refractivity contribution in [1.82, 2.24) is 0 Å². The number of ether oxygens (including phenoxy) is 1. The minimum absolute atomic E-state index is 0.273. The number of carbonyl (C=O) groups excluding carboxylic acids is 2. The summed E-state index contributed by atoms with van der Waals surface area (Å²) in [5.74, 6) is -0.297. The van der Waals surface area contributed by atoms with Crippen LogP contribution in [0.5, 0.6) is 5.75 Å². The first kappa shape index (κ1) is 15.6. The second-order valence-corrected chi connectivity index (χ2v) is 5.88. The maximum absolute atomic E-state index is 12.1. The average Bonchev–Trinajstić information content (AvgIpc) is 2.78. The molecule has 2 aromatic rings. The van der Waals surface area contributed by atoms with Gasteiger partial charge in [0.15, 0.2) is 0 Å². The lowest BCUT2D eigenvalue weighted by molar-refractivity contribution is -0.114. The topological polar surface area (TPSA) is 46.6 Å². The van der Waals surface area contributed by atoms with Crippen LogP contribution in [0.15, 0.2) is 36.4 Å². The Morgan fingerprint density at radius 2 is 1.83 bits per heavy atom. The maximum atomic E-state index is 12.1. The third kappa shape index (κ3) is 2.70. The fourth-order valence-corrected chi connectivity index (χ4v) is 2.93. The second-order valence-electron chi connectivity index (χ2n) is 5.47. The van der Waals surface area contributed by atoms with Crippen molar-refractivity contribution in [2.45, 2.75) is 13.8 Å². The number of benzene rings is 2. The molecule has 23 heavy (non-hydrogen) atoms. The van der Waals surface area contributed by atoms with E-state index in [0.29, 0.717) is 16.3 Å². The van der Waals surface area contributed by atoms with E-state index < -0.39 is 11.7 Å². The molecule has 4 nitrogen and oxygen atoms in total.